The predicted molar refractivity (Wildman–Crippen MR) is 59.3 cm³/mol. The summed E-state index contributed by atoms with van der Waals surface area (Å²) in [6, 6.07) is 0. The van der Waals surface area contributed by atoms with Crippen molar-refractivity contribution < 1.29 is 0 Å². The lowest BCUT2D eigenvalue weighted by molar-refractivity contribution is 0.737. The zero-order valence-electron chi connectivity index (χ0n) is 9.09. The van der Waals surface area contributed by atoms with Crippen LogP contribution >= 0.6 is 0 Å². The smallest absolute Gasteiger partial charge is 0.0398 e. The summed E-state index contributed by atoms with van der Waals surface area (Å²) >= 11 is 0. The summed E-state index contributed by atoms with van der Waals surface area (Å²) < 4.78 is 0. The van der Waals surface area contributed by atoms with E-state index in [1.54, 1.807) is 0 Å². The van der Waals surface area contributed by atoms with E-state index in [-0.39, 0.29) is 0 Å². The summed E-state index contributed by atoms with van der Waals surface area (Å²) in [5, 5.41) is 0. The first-order valence-corrected chi connectivity index (χ1v) is 4.46. The molecular formula is C12H22. The van der Waals surface area contributed by atoms with Crippen molar-refractivity contribution in [3.63, 3.8) is 0 Å². The second-order valence-electron chi connectivity index (χ2n) is 3.37. The maximum Gasteiger partial charge on any atom is -0.0398 e. The quantitative estimate of drug-likeness (QED) is 0.535. The second kappa shape index (κ2) is 10.2. The summed E-state index contributed by atoms with van der Waals surface area (Å²) in [6.45, 7) is 14.1. The van der Waals surface area contributed by atoms with Crippen molar-refractivity contribution in [2.45, 2.75) is 34.6 Å². The van der Waals surface area contributed by atoms with E-state index in [0.29, 0.717) is 0 Å². The molecule has 0 saturated carbocycles. The normalized spacial score (nSPS) is 11.3. The molecule has 0 radical (unpaired) electrons. The molecule has 0 amide bonds. The number of hydrogen-bond acceptors (Lipinski definition) is 0. The van der Waals surface area contributed by atoms with Gasteiger partial charge in [0.1, 0.15) is 0 Å². The maximum absolute atomic E-state index is 3.61. The standard InChI is InChI=1S/C8H12.C4H10/c1-4-6-7-8(3)5-2;1-4(2)3/h4-7H,2H2,1,3H3;4H,1-3H3/b6-4-,8-7+;. The molecule has 0 bridgehead atoms. The van der Waals surface area contributed by atoms with Crippen LogP contribution in [-0.2, 0) is 0 Å². The third kappa shape index (κ3) is 22.9. The molecule has 0 aliphatic heterocycles. The monoisotopic (exact) mass is 166 g/mol. The van der Waals surface area contributed by atoms with Crippen LogP contribution in [0.15, 0.2) is 36.5 Å². The Morgan fingerprint density at radius 1 is 1.25 bits per heavy atom. The van der Waals surface area contributed by atoms with E-state index in [9.17, 15) is 0 Å². The molecule has 0 nitrogen and oxygen atoms in total. The van der Waals surface area contributed by atoms with Crippen LogP contribution in [0.2, 0.25) is 0 Å². The Morgan fingerprint density at radius 2 is 1.67 bits per heavy atom. The van der Waals surface area contributed by atoms with Crippen molar-refractivity contribution in [1.82, 2.24) is 0 Å². The van der Waals surface area contributed by atoms with Gasteiger partial charge in [-0.05, 0) is 19.8 Å². The van der Waals surface area contributed by atoms with Gasteiger partial charge in [-0.2, -0.15) is 0 Å². The van der Waals surface area contributed by atoms with Gasteiger partial charge in [-0.1, -0.05) is 57.2 Å². The molecule has 0 aliphatic rings. The molecular weight excluding hydrogens is 144 g/mol. The molecule has 0 atom stereocenters. The highest BCUT2D eigenvalue weighted by Gasteiger charge is 1.70. The fourth-order valence-corrected chi connectivity index (χ4v) is 0.316. The van der Waals surface area contributed by atoms with Gasteiger partial charge in [-0.15, -0.1) is 0 Å². The molecule has 0 N–H and O–H groups in total. The predicted octanol–water partition coefficient (Wildman–Crippen LogP) is 4.36. The lowest BCUT2D eigenvalue weighted by atomic mass is 10.3. The molecule has 0 heteroatoms. The molecule has 0 rings (SSSR count). The Bertz CT molecular complexity index is 145. The average molecular weight is 166 g/mol. The van der Waals surface area contributed by atoms with E-state index in [2.05, 4.69) is 27.4 Å². The molecule has 0 heterocycles. The molecule has 0 aromatic carbocycles. The van der Waals surface area contributed by atoms with Crippen LogP contribution in [0.1, 0.15) is 34.6 Å². The molecule has 12 heavy (non-hydrogen) atoms. The van der Waals surface area contributed by atoms with E-state index in [1.807, 2.05) is 38.2 Å². The molecule has 0 spiro atoms. The van der Waals surface area contributed by atoms with Gasteiger partial charge in [0, 0.05) is 0 Å². The lowest BCUT2D eigenvalue weighted by Crippen LogP contribution is -1.66. The molecule has 0 unspecified atom stereocenters. The van der Waals surface area contributed by atoms with E-state index in [0.717, 1.165) is 5.92 Å². The van der Waals surface area contributed by atoms with Gasteiger partial charge in [0.2, 0.25) is 0 Å². The van der Waals surface area contributed by atoms with E-state index in [4.69, 9.17) is 0 Å². The SMILES string of the molecule is C=C/C(C)=C/C=C\C.CC(C)C. The van der Waals surface area contributed by atoms with Crippen LogP contribution in [0.5, 0.6) is 0 Å². The van der Waals surface area contributed by atoms with E-state index >= 15 is 0 Å². The maximum atomic E-state index is 3.61. The Labute approximate surface area is 77.7 Å². The van der Waals surface area contributed by atoms with Gasteiger partial charge < -0.3 is 0 Å². The Morgan fingerprint density at radius 3 is 1.92 bits per heavy atom. The molecule has 70 valence electrons. The van der Waals surface area contributed by atoms with Gasteiger partial charge in [-0.25, -0.2) is 0 Å². The molecule has 0 aromatic heterocycles. The van der Waals surface area contributed by atoms with E-state index < -0.39 is 0 Å². The first-order valence-electron chi connectivity index (χ1n) is 4.46. The van der Waals surface area contributed by atoms with Crippen molar-refractivity contribution in [3.8, 4) is 0 Å². The van der Waals surface area contributed by atoms with Gasteiger partial charge in [-0.3, -0.25) is 0 Å². The third-order valence-electron chi connectivity index (χ3n) is 0.874. The van der Waals surface area contributed by atoms with Crippen molar-refractivity contribution in [1.29, 1.82) is 0 Å². The highest BCUT2D eigenvalue weighted by Crippen LogP contribution is 1.91. The van der Waals surface area contributed by atoms with Gasteiger partial charge >= 0.3 is 0 Å². The number of hydrogen-bond donors (Lipinski definition) is 0. The van der Waals surface area contributed by atoms with Crippen LogP contribution < -0.4 is 0 Å². The summed E-state index contributed by atoms with van der Waals surface area (Å²) in [5.74, 6) is 0.833. The highest BCUT2D eigenvalue weighted by atomic mass is 13.8. The summed E-state index contributed by atoms with van der Waals surface area (Å²) in [7, 11) is 0. The van der Waals surface area contributed by atoms with Crippen LogP contribution in [0.4, 0.5) is 0 Å². The van der Waals surface area contributed by atoms with Crippen molar-refractivity contribution >= 4 is 0 Å². The first kappa shape index (κ1) is 13.8. The van der Waals surface area contributed by atoms with Crippen molar-refractivity contribution in [3.05, 3.63) is 36.5 Å². The largest absolute Gasteiger partial charge is 0.0988 e. The Hall–Kier alpha value is -0.780. The molecule has 0 aliphatic carbocycles. The average Bonchev–Trinajstić information content (AvgIpc) is 1.99. The van der Waals surface area contributed by atoms with Crippen molar-refractivity contribution in [2.75, 3.05) is 0 Å². The fourth-order valence-electron chi connectivity index (χ4n) is 0.316. The fraction of sp³-hybridized carbons (Fsp3) is 0.500. The summed E-state index contributed by atoms with van der Waals surface area (Å²) in [5.41, 5.74) is 1.20. The molecule has 0 fully saturated rings. The minimum absolute atomic E-state index is 0.833. The van der Waals surface area contributed by atoms with Gasteiger partial charge in [0.25, 0.3) is 0 Å². The topological polar surface area (TPSA) is 0 Å². The highest BCUT2D eigenvalue weighted by molar-refractivity contribution is 5.18. The van der Waals surface area contributed by atoms with Crippen LogP contribution in [0.3, 0.4) is 0 Å². The Balaban J connectivity index is 0. The minimum Gasteiger partial charge on any atom is -0.0988 e. The zero-order chi connectivity index (χ0) is 9.98. The summed E-state index contributed by atoms with van der Waals surface area (Å²) in [4.78, 5) is 0. The molecule has 0 saturated heterocycles. The number of rotatable bonds is 2. The van der Waals surface area contributed by atoms with E-state index in [1.165, 1.54) is 5.57 Å². The van der Waals surface area contributed by atoms with Crippen LogP contribution in [0.25, 0.3) is 0 Å². The third-order valence-corrected chi connectivity index (χ3v) is 0.874. The summed E-state index contributed by atoms with van der Waals surface area (Å²) in [6.07, 6.45) is 7.84. The Kier molecular flexibility index (Phi) is 11.7. The zero-order valence-corrected chi connectivity index (χ0v) is 9.09. The minimum atomic E-state index is 0.833. The number of allylic oxidation sites excluding steroid dienone is 5. The molecule has 0 aromatic rings. The van der Waals surface area contributed by atoms with Crippen LogP contribution in [0, 0.1) is 5.92 Å². The van der Waals surface area contributed by atoms with Crippen molar-refractivity contribution in [2.24, 2.45) is 5.92 Å². The lowest BCUT2D eigenvalue weighted by Gasteiger charge is -1.81. The first-order chi connectivity index (χ1) is 5.54. The van der Waals surface area contributed by atoms with Gasteiger partial charge in [0.15, 0.2) is 0 Å². The second-order valence-corrected chi connectivity index (χ2v) is 3.37. The van der Waals surface area contributed by atoms with Gasteiger partial charge in [0.05, 0.1) is 0 Å². The van der Waals surface area contributed by atoms with Crippen LogP contribution in [-0.4, -0.2) is 0 Å².